The van der Waals surface area contributed by atoms with Crippen LogP contribution in [0.1, 0.15) is 12.8 Å². The predicted molar refractivity (Wildman–Crippen MR) is 98.7 cm³/mol. The number of piperidine rings is 1. The number of piperazine rings is 1. The van der Waals surface area contributed by atoms with E-state index in [0.717, 1.165) is 32.1 Å². The van der Waals surface area contributed by atoms with E-state index < -0.39 is 5.82 Å². The van der Waals surface area contributed by atoms with Crippen LogP contribution in [0.5, 0.6) is 0 Å². The Morgan fingerprint density at radius 1 is 1.28 bits per heavy atom. The Kier molecular flexibility index (Phi) is 6.15. The topological polar surface area (TPSA) is 38.8 Å². The minimum absolute atomic E-state index is 0.0140. The Morgan fingerprint density at radius 3 is 2.76 bits per heavy atom. The van der Waals surface area contributed by atoms with Crippen molar-refractivity contribution < 1.29 is 9.18 Å². The smallest absolute Gasteiger partial charge is 0.322 e. The maximum atomic E-state index is 13.9. The number of halogens is 2. The van der Waals surface area contributed by atoms with E-state index in [1.54, 1.807) is 11.0 Å². The van der Waals surface area contributed by atoms with Crippen LogP contribution in [0.4, 0.5) is 14.9 Å². The number of likely N-dealkylation sites (tertiary alicyclic amines) is 1. The van der Waals surface area contributed by atoms with Crippen LogP contribution in [-0.2, 0) is 0 Å². The van der Waals surface area contributed by atoms with E-state index in [2.05, 4.69) is 22.2 Å². The van der Waals surface area contributed by atoms with Gasteiger partial charge in [0.05, 0.1) is 10.7 Å². The Balaban J connectivity index is 1.47. The second kappa shape index (κ2) is 8.34. The highest BCUT2D eigenvalue weighted by Gasteiger charge is 2.25. The van der Waals surface area contributed by atoms with Gasteiger partial charge >= 0.3 is 6.03 Å². The highest BCUT2D eigenvalue weighted by Crippen LogP contribution is 2.22. The lowest BCUT2D eigenvalue weighted by atomic mass is 9.97. The quantitative estimate of drug-likeness (QED) is 0.891. The molecule has 7 heteroatoms. The number of amides is 2. The number of carbonyl (C=O) groups excluding carboxylic acids is 1. The molecule has 1 aromatic rings. The van der Waals surface area contributed by atoms with Crippen LogP contribution in [0, 0.1) is 11.7 Å². The fraction of sp³-hybridized carbons (Fsp3) is 0.611. The van der Waals surface area contributed by atoms with Crippen molar-refractivity contribution in [2.45, 2.75) is 12.8 Å². The molecule has 138 valence electrons. The molecule has 5 nitrogen and oxygen atoms in total. The molecule has 1 N–H and O–H groups in total. The third-order valence-electron chi connectivity index (χ3n) is 5.09. The lowest BCUT2D eigenvalue weighted by Gasteiger charge is -2.38. The van der Waals surface area contributed by atoms with Crippen molar-refractivity contribution in [1.82, 2.24) is 14.7 Å². The minimum Gasteiger partial charge on any atom is -0.322 e. The Hall–Kier alpha value is -1.37. The predicted octanol–water partition coefficient (Wildman–Crippen LogP) is 2.97. The van der Waals surface area contributed by atoms with E-state index in [4.69, 9.17) is 11.6 Å². The zero-order valence-electron chi connectivity index (χ0n) is 14.7. The number of nitrogens with one attached hydrogen (secondary N) is 1. The molecule has 0 unspecified atom stereocenters. The largest absolute Gasteiger partial charge is 0.322 e. The number of hydrogen-bond donors (Lipinski definition) is 1. The van der Waals surface area contributed by atoms with E-state index in [-0.39, 0.29) is 16.7 Å². The van der Waals surface area contributed by atoms with Gasteiger partial charge < -0.3 is 15.1 Å². The summed E-state index contributed by atoms with van der Waals surface area (Å²) in [7, 11) is 2.18. The summed E-state index contributed by atoms with van der Waals surface area (Å²) in [6.07, 6.45) is 2.56. The van der Waals surface area contributed by atoms with Crippen LogP contribution in [0.2, 0.25) is 5.02 Å². The molecule has 0 aromatic heterocycles. The molecule has 2 aliphatic rings. The van der Waals surface area contributed by atoms with Gasteiger partial charge in [0.1, 0.15) is 0 Å². The Bertz CT molecular complexity index is 607. The van der Waals surface area contributed by atoms with Gasteiger partial charge in [-0.15, -0.1) is 0 Å². The molecule has 2 heterocycles. The van der Waals surface area contributed by atoms with Crippen molar-refractivity contribution in [3.05, 3.63) is 29.0 Å². The molecule has 0 aliphatic carbocycles. The first-order valence-electron chi connectivity index (χ1n) is 8.94. The van der Waals surface area contributed by atoms with Crippen LogP contribution >= 0.6 is 11.6 Å². The molecular formula is C18H26ClFN4O. The summed E-state index contributed by atoms with van der Waals surface area (Å²) in [5, 5.41) is 2.64. The van der Waals surface area contributed by atoms with Crippen LogP contribution in [-0.4, -0.2) is 73.6 Å². The van der Waals surface area contributed by atoms with E-state index in [1.165, 1.54) is 31.5 Å². The first-order valence-corrected chi connectivity index (χ1v) is 9.31. The van der Waals surface area contributed by atoms with Gasteiger partial charge in [0.15, 0.2) is 5.82 Å². The molecule has 1 atom stereocenters. The van der Waals surface area contributed by atoms with Gasteiger partial charge in [-0.25, -0.2) is 9.18 Å². The zero-order valence-corrected chi connectivity index (χ0v) is 15.4. The molecule has 2 amide bonds. The van der Waals surface area contributed by atoms with E-state index in [9.17, 15) is 9.18 Å². The molecular weight excluding hydrogens is 343 g/mol. The monoisotopic (exact) mass is 368 g/mol. The van der Waals surface area contributed by atoms with E-state index >= 15 is 0 Å². The van der Waals surface area contributed by atoms with Crippen LogP contribution in [0.15, 0.2) is 18.2 Å². The van der Waals surface area contributed by atoms with Gasteiger partial charge in [-0.2, -0.15) is 0 Å². The van der Waals surface area contributed by atoms with Crippen molar-refractivity contribution in [2.75, 3.05) is 58.2 Å². The van der Waals surface area contributed by atoms with E-state index in [1.807, 2.05) is 0 Å². The molecule has 2 saturated heterocycles. The second-order valence-electron chi connectivity index (χ2n) is 7.09. The van der Waals surface area contributed by atoms with Gasteiger partial charge in [0, 0.05) is 39.3 Å². The van der Waals surface area contributed by atoms with Gasteiger partial charge in [-0.1, -0.05) is 17.7 Å². The number of nitrogens with zero attached hydrogens (tertiary/aromatic N) is 3. The summed E-state index contributed by atoms with van der Waals surface area (Å²) >= 11 is 5.76. The third-order valence-corrected chi connectivity index (χ3v) is 5.38. The molecule has 1 aromatic carbocycles. The van der Waals surface area contributed by atoms with Crippen molar-refractivity contribution in [1.29, 1.82) is 0 Å². The standard InChI is InChI=1S/C18H26ClFN4O/c1-22-7-3-4-14(12-22)13-23-8-10-24(11-9-23)18(25)21-16-6-2-5-15(19)17(16)20/h2,5-6,14H,3-4,7-13H2,1H3,(H,21,25)/t14-/m1/s1. The number of anilines is 1. The number of urea groups is 1. The summed E-state index contributed by atoms with van der Waals surface area (Å²) in [5.74, 6) is 0.136. The fourth-order valence-electron chi connectivity index (χ4n) is 3.72. The molecule has 2 fully saturated rings. The van der Waals surface area contributed by atoms with Crippen LogP contribution in [0.3, 0.4) is 0 Å². The number of benzene rings is 1. The SMILES string of the molecule is CN1CCC[C@@H](CN2CCN(C(=O)Nc3cccc(Cl)c3F)CC2)C1. The summed E-state index contributed by atoms with van der Waals surface area (Å²) in [6, 6.07) is 4.35. The third kappa shape index (κ3) is 4.84. The van der Waals surface area contributed by atoms with E-state index in [0.29, 0.717) is 13.1 Å². The molecule has 0 radical (unpaired) electrons. The van der Waals surface area contributed by atoms with Crippen LogP contribution < -0.4 is 5.32 Å². The summed E-state index contributed by atoms with van der Waals surface area (Å²) in [4.78, 5) is 18.9. The number of carbonyl (C=O) groups is 1. The van der Waals surface area contributed by atoms with Gasteiger partial charge in [0.2, 0.25) is 0 Å². The molecule has 0 bridgehead atoms. The fourth-order valence-corrected chi connectivity index (χ4v) is 3.89. The van der Waals surface area contributed by atoms with Gasteiger partial charge in [0.25, 0.3) is 0 Å². The maximum Gasteiger partial charge on any atom is 0.322 e. The average molecular weight is 369 g/mol. The summed E-state index contributed by atoms with van der Waals surface area (Å²) in [5.41, 5.74) is 0.130. The molecule has 3 rings (SSSR count). The van der Waals surface area contributed by atoms with Crippen LogP contribution in [0.25, 0.3) is 0 Å². The number of rotatable bonds is 3. The average Bonchev–Trinajstić information content (AvgIpc) is 2.59. The molecule has 2 aliphatic heterocycles. The lowest BCUT2D eigenvalue weighted by Crippen LogP contribution is -2.51. The van der Waals surface area contributed by atoms with Crippen molar-refractivity contribution in [3.63, 3.8) is 0 Å². The second-order valence-corrected chi connectivity index (χ2v) is 7.50. The molecule has 0 spiro atoms. The van der Waals surface area contributed by atoms with Gasteiger partial charge in [-0.3, -0.25) is 4.90 Å². The van der Waals surface area contributed by atoms with Crippen molar-refractivity contribution in [2.24, 2.45) is 5.92 Å². The summed E-state index contributed by atoms with van der Waals surface area (Å²) < 4.78 is 13.9. The zero-order chi connectivity index (χ0) is 17.8. The highest BCUT2D eigenvalue weighted by atomic mass is 35.5. The van der Waals surface area contributed by atoms with Crippen molar-refractivity contribution >= 4 is 23.3 Å². The Labute approximate surface area is 153 Å². The summed E-state index contributed by atoms with van der Waals surface area (Å²) in [6.45, 7) is 6.52. The minimum atomic E-state index is -0.586. The van der Waals surface area contributed by atoms with Gasteiger partial charge in [-0.05, 0) is 44.5 Å². The lowest BCUT2D eigenvalue weighted by molar-refractivity contribution is 0.109. The maximum absolute atomic E-state index is 13.9. The molecule has 0 saturated carbocycles. The molecule has 25 heavy (non-hydrogen) atoms. The first kappa shape index (κ1) is 18.4. The first-order chi connectivity index (χ1) is 12.0. The number of hydrogen-bond acceptors (Lipinski definition) is 3. The normalized spacial score (nSPS) is 22.8. The highest BCUT2D eigenvalue weighted by molar-refractivity contribution is 6.31. The Morgan fingerprint density at radius 2 is 2.04 bits per heavy atom. The van der Waals surface area contributed by atoms with Crippen molar-refractivity contribution in [3.8, 4) is 0 Å².